The van der Waals surface area contributed by atoms with Crippen LogP contribution in [-0.4, -0.2) is 0 Å². The van der Waals surface area contributed by atoms with E-state index in [1.54, 1.807) is 11.3 Å². The van der Waals surface area contributed by atoms with Crippen molar-refractivity contribution < 1.29 is 0 Å². The standard InChI is InChI=1S/C16H19NS/c1-12-10-18-11-14(12)9-17-16-8-4-6-13-5-2-3-7-15(13)16/h2-3,5,7,10-11,16-17H,4,6,8-9H2,1H3. The molecule has 0 aliphatic heterocycles. The number of hydrogen-bond acceptors (Lipinski definition) is 2. The number of thiophene rings is 1. The summed E-state index contributed by atoms with van der Waals surface area (Å²) in [5.41, 5.74) is 5.90. The number of benzene rings is 1. The van der Waals surface area contributed by atoms with E-state index in [-0.39, 0.29) is 0 Å². The van der Waals surface area contributed by atoms with Crippen LogP contribution in [-0.2, 0) is 13.0 Å². The fourth-order valence-corrected chi connectivity index (χ4v) is 3.62. The van der Waals surface area contributed by atoms with Crippen LogP contribution in [0, 0.1) is 6.92 Å². The van der Waals surface area contributed by atoms with Crippen molar-refractivity contribution in [2.24, 2.45) is 0 Å². The monoisotopic (exact) mass is 257 g/mol. The molecule has 94 valence electrons. The van der Waals surface area contributed by atoms with Crippen LogP contribution in [0.5, 0.6) is 0 Å². The van der Waals surface area contributed by atoms with Gasteiger partial charge in [0.15, 0.2) is 0 Å². The van der Waals surface area contributed by atoms with Gasteiger partial charge in [0.1, 0.15) is 0 Å². The molecular weight excluding hydrogens is 238 g/mol. The zero-order valence-corrected chi connectivity index (χ0v) is 11.6. The summed E-state index contributed by atoms with van der Waals surface area (Å²) >= 11 is 1.80. The zero-order valence-electron chi connectivity index (χ0n) is 10.8. The number of rotatable bonds is 3. The third-order valence-corrected chi connectivity index (χ3v) is 4.78. The van der Waals surface area contributed by atoms with Crippen LogP contribution in [0.1, 0.15) is 41.1 Å². The molecular formula is C16H19NS. The van der Waals surface area contributed by atoms with Gasteiger partial charge in [-0.25, -0.2) is 0 Å². The highest BCUT2D eigenvalue weighted by Crippen LogP contribution is 2.29. The molecule has 3 rings (SSSR count). The minimum Gasteiger partial charge on any atom is -0.306 e. The van der Waals surface area contributed by atoms with E-state index >= 15 is 0 Å². The fourth-order valence-electron chi connectivity index (χ4n) is 2.77. The first-order valence-electron chi connectivity index (χ1n) is 6.67. The van der Waals surface area contributed by atoms with Gasteiger partial charge in [-0.3, -0.25) is 0 Å². The van der Waals surface area contributed by atoms with Gasteiger partial charge in [-0.15, -0.1) is 0 Å². The Hall–Kier alpha value is -1.12. The van der Waals surface area contributed by atoms with Crippen molar-refractivity contribution in [2.75, 3.05) is 0 Å². The Morgan fingerprint density at radius 3 is 3.00 bits per heavy atom. The Labute approximate surface area is 113 Å². The number of hydrogen-bond donors (Lipinski definition) is 1. The van der Waals surface area contributed by atoms with Crippen molar-refractivity contribution in [1.29, 1.82) is 0 Å². The molecule has 1 unspecified atom stereocenters. The molecule has 1 aliphatic rings. The first kappa shape index (κ1) is 11.9. The molecule has 1 aliphatic carbocycles. The maximum atomic E-state index is 3.73. The van der Waals surface area contributed by atoms with E-state index in [0.29, 0.717) is 6.04 Å². The summed E-state index contributed by atoms with van der Waals surface area (Å²) in [6.07, 6.45) is 3.81. The SMILES string of the molecule is Cc1cscc1CNC1CCCc2ccccc21. The van der Waals surface area contributed by atoms with Gasteiger partial charge in [0.05, 0.1) is 0 Å². The Balaban J connectivity index is 1.73. The molecule has 1 atom stereocenters. The van der Waals surface area contributed by atoms with Crippen molar-refractivity contribution in [2.45, 2.75) is 38.8 Å². The van der Waals surface area contributed by atoms with Crippen molar-refractivity contribution in [3.8, 4) is 0 Å². The van der Waals surface area contributed by atoms with Gasteiger partial charge in [-0.2, -0.15) is 11.3 Å². The van der Waals surface area contributed by atoms with E-state index in [4.69, 9.17) is 0 Å². The van der Waals surface area contributed by atoms with Gasteiger partial charge in [0.2, 0.25) is 0 Å². The fraction of sp³-hybridized carbons (Fsp3) is 0.375. The molecule has 1 aromatic carbocycles. The minimum absolute atomic E-state index is 0.536. The summed E-state index contributed by atoms with van der Waals surface area (Å²) in [6, 6.07) is 9.42. The zero-order chi connectivity index (χ0) is 12.4. The van der Waals surface area contributed by atoms with Crippen LogP contribution in [0.3, 0.4) is 0 Å². The Bertz CT molecular complexity index is 529. The second-order valence-electron chi connectivity index (χ2n) is 5.10. The summed E-state index contributed by atoms with van der Waals surface area (Å²) in [4.78, 5) is 0. The first-order valence-corrected chi connectivity index (χ1v) is 7.62. The van der Waals surface area contributed by atoms with Gasteiger partial charge >= 0.3 is 0 Å². The van der Waals surface area contributed by atoms with E-state index in [1.807, 2.05) is 0 Å². The second kappa shape index (κ2) is 5.25. The molecule has 0 saturated heterocycles. The lowest BCUT2D eigenvalue weighted by molar-refractivity contribution is 0.459. The Morgan fingerprint density at radius 2 is 2.17 bits per heavy atom. The molecule has 18 heavy (non-hydrogen) atoms. The van der Waals surface area contributed by atoms with E-state index in [0.717, 1.165) is 6.54 Å². The predicted molar refractivity (Wildman–Crippen MR) is 78.0 cm³/mol. The lowest BCUT2D eigenvalue weighted by atomic mass is 9.87. The predicted octanol–water partition coefficient (Wildman–Crippen LogP) is 4.22. The van der Waals surface area contributed by atoms with Gasteiger partial charge in [0, 0.05) is 12.6 Å². The molecule has 1 aromatic heterocycles. The molecule has 0 saturated carbocycles. The molecule has 0 amide bonds. The third-order valence-electron chi connectivity index (χ3n) is 3.87. The molecule has 0 fully saturated rings. The lowest BCUT2D eigenvalue weighted by Gasteiger charge is -2.26. The smallest absolute Gasteiger partial charge is 0.0326 e. The van der Waals surface area contributed by atoms with Gasteiger partial charge in [-0.1, -0.05) is 24.3 Å². The third kappa shape index (κ3) is 2.36. The molecule has 1 nitrogen and oxygen atoms in total. The van der Waals surface area contributed by atoms with E-state index in [2.05, 4.69) is 47.3 Å². The largest absolute Gasteiger partial charge is 0.306 e. The average molecular weight is 257 g/mol. The summed E-state index contributed by atoms with van der Waals surface area (Å²) in [7, 11) is 0. The molecule has 1 N–H and O–H groups in total. The minimum atomic E-state index is 0.536. The van der Waals surface area contributed by atoms with Gasteiger partial charge in [0.25, 0.3) is 0 Å². The van der Waals surface area contributed by atoms with E-state index in [1.165, 1.54) is 41.5 Å². The highest BCUT2D eigenvalue weighted by atomic mass is 32.1. The van der Waals surface area contributed by atoms with Crippen LogP contribution in [0.25, 0.3) is 0 Å². The summed E-state index contributed by atoms with van der Waals surface area (Å²) in [6.45, 7) is 3.19. The first-order chi connectivity index (χ1) is 8.84. The normalized spacial score (nSPS) is 18.6. The van der Waals surface area contributed by atoms with Crippen molar-refractivity contribution in [3.63, 3.8) is 0 Å². The summed E-state index contributed by atoms with van der Waals surface area (Å²) in [5.74, 6) is 0. The van der Waals surface area contributed by atoms with Crippen molar-refractivity contribution in [1.82, 2.24) is 5.32 Å². The second-order valence-corrected chi connectivity index (χ2v) is 5.85. The van der Waals surface area contributed by atoms with Crippen LogP contribution in [0.4, 0.5) is 0 Å². The van der Waals surface area contributed by atoms with E-state index in [9.17, 15) is 0 Å². The molecule has 2 heteroatoms. The molecule has 2 aromatic rings. The number of nitrogens with one attached hydrogen (secondary N) is 1. The maximum Gasteiger partial charge on any atom is 0.0326 e. The molecule has 1 heterocycles. The average Bonchev–Trinajstić information content (AvgIpc) is 2.82. The quantitative estimate of drug-likeness (QED) is 0.868. The van der Waals surface area contributed by atoms with Crippen molar-refractivity contribution in [3.05, 3.63) is 57.3 Å². The number of aryl methyl sites for hydroxylation is 2. The van der Waals surface area contributed by atoms with Crippen LogP contribution in [0.2, 0.25) is 0 Å². The van der Waals surface area contributed by atoms with E-state index < -0.39 is 0 Å². The molecule has 0 radical (unpaired) electrons. The molecule has 0 spiro atoms. The lowest BCUT2D eigenvalue weighted by Crippen LogP contribution is -2.24. The topological polar surface area (TPSA) is 12.0 Å². The maximum absolute atomic E-state index is 3.73. The van der Waals surface area contributed by atoms with Crippen LogP contribution in [0.15, 0.2) is 35.0 Å². The van der Waals surface area contributed by atoms with Crippen LogP contribution < -0.4 is 5.32 Å². The Kier molecular flexibility index (Phi) is 3.48. The van der Waals surface area contributed by atoms with Crippen molar-refractivity contribution >= 4 is 11.3 Å². The highest BCUT2D eigenvalue weighted by Gasteiger charge is 2.19. The number of fused-ring (bicyclic) bond motifs is 1. The molecule has 0 bridgehead atoms. The van der Waals surface area contributed by atoms with Gasteiger partial charge in [-0.05, 0) is 59.2 Å². The summed E-state index contributed by atoms with van der Waals surface area (Å²) in [5, 5.41) is 8.22. The van der Waals surface area contributed by atoms with Crippen LogP contribution >= 0.6 is 11.3 Å². The summed E-state index contributed by atoms with van der Waals surface area (Å²) < 4.78 is 0. The highest BCUT2D eigenvalue weighted by molar-refractivity contribution is 7.08. The van der Waals surface area contributed by atoms with Gasteiger partial charge < -0.3 is 5.32 Å². The Morgan fingerprint density at radius 1 is 1.28 bits per heavy atom.